The average Bonchev–Trinajstić information content (AvgIpc) is 2.80. The zero-order valence-electron chi connectivity index (χ0n) is 17.0. The molecule has 0 saturated carbocycles. The summed E-state index contributed by atoms with van der Waals surface area (Å²) >= 11 is 0. The van der Waals surface area contributed by atoms with Crippen LogP contribution in [0.3, 0.4) is 0 Å². The molecule has 154 valence electrons. The van der Waals surface area contributed by atoms with Gasteiger partial charge >= 0.3 is 0 Å². The molecule has 1 aromatic heterocycles. The highest BCUT2D eigenvalue weighted by atomic mass is 16.5. The number of hydrogen-bond donors (Lipinski definition) is 0. The Morgan fingerprint density at radius 1 is 1.00 bits per heavy atom. The van der Waals surface area contributed by atoms with Gasteiger partial charge in [-0.05, 0) is 42.1 Å². The molecule has 2 heterocycles. The number of fused-ring (bicyclic) bond motifs is 1. The Hall–Kier alpha value is -3.17. The van der Waals surface area contributed by atoms with E-state index in [4.69, 9.17) is 14.7 Å². The van der Waals surface area contributed by atoms with Crippen LogP contribution in [-0.4, -0.2) is 40.6 Å². The van der Waals surface area contributed by atoms with E-state index in [9.17, 15) is 0 Å². The number of benzene rings is 2. The van der Waals surface area contributed by atoms with Crippen molar-refractivity contribution in [2.24, 2.45) is 0 Å². The third-order valence-corrected chi connectivity index (χ3v) is 5.45. The molecule has 6 heteroatoms. The molecule has 0 spiro atoms. The van der Waals surface area contributed by atoms with Gasteiger partial charge in [-0.3, -0.25) is 0 Å². The van der Waals surface area contributed by atoms with Gasteiger partial charge in [-0.2, -0.15) is 5.26 Å². The lowest BCUT2D eigenvalue weighted by Gasteiger charge is -2.31. The number of nitrogens with zero attached hydrogens (tertiary/aromatic N) is 4. The summed E-state index contributed by atoms with van der Waals surface area (Å²) in [5.74, 6) is 0.891. The molecule has 4 rings (SSSR count). The summed E-state index contributed by atoms with van der Waals surface area (Å²) in [4.78, 5) is 11.1. The zero-order valence-corrected chi connectivity index (χ0v) is 17.0. The first-order valence-electron chi connectivity index (χ1n) is 10.5. The number of nitriles is 1. The largest absolute Gasteiger partial charge is 0.470 e. The second kappa shape index (κ2) is 10.0. The topological polar surface area (TPSA) is 71.3 Å². The van der Waals surface area contributed by atoms with Crippen LogP contribution in [0.5, 0.6) is 11.8 Å². The molecule has 0 amide bonds. The van der Waals surface area contributed by atoms with Gasteiger partial charge in [0.2, 0.25) is 0 Å². The maximum absolute atomic E-state index is 8.68. The third kappa shape index (κ3) is 5.05. The summed E-state index contributed by atoms with van der Waals surface area (Å²) in [5, 5.41) is 11.0. The van der Waals surface area contributed by atoms with Crippen LogP contribution < -0.4 is 9.47 Å². The van der Waals surface area contributed by atoms with Crippen LogP contribution in [0.25, 0.3) is 10.8 Å². The van der Waals surface area contributed by atoms with E-state index in [1.165, 1.54) is 10.8 Å². The van der Waals surface area contributed by atoms with Gasteiger partial charge in [-0.1, -0.05) is 42.5 Å². The summed E-state index contributed by atoms with van der Waals surface area (Å²) in [6, 6.07) is 16.7. The average molecular weight is 402 g/mol. The summed E-state index contributed by atoms with van der Waals surface area (Å²) < 4.78 is 12.2. The van der Waals surface area contributed by atoms with E-state index in [0.29, 0.717) is 24.8 Å². The van der Waals surface area contributed by atoms with Gasteiger partial charge in [0.25, 0.3) is 11.8 Å². The molecule has 2 aromatic carbocycles. The predicted molar refractivity (Wildman–Crippen MR) is 115 cm³/mol. The molecule has 0 N–H and O–H groups in total. The van der Waals surface area contributed by atoms with Crippen molar-refractivity contribution in [2.75, 3.05) is 19.6 Å². The van der Waals surface area contributed by atoms with Crippen LogP contribution in [0, 0.1) is 11.3 Å². The van der Waals surface area contributed by atoms with E-state index in [0.717, 1.165) is 44.5 Å². The van der Waals surface area contributed by atoms with Crippen LogP contribution in [-0.2, 0) is 6.61 Å². The molecule has 1 aliphatic rings. The number of likely N-dealkylation sites (tertiary alicyclic amines) is 1. The van der Waals surface area contributed by atoms with Crippen LogP contribution >= 0.6 is 0 Å². The van der Waals surface area contributed by atoms with Gasteiger partial charge < -0.3 is 14.4 Å². The van der Waals surface area contributed by atoms with E-state index in [-0.39, 0.29) is 6.10 Å². The van der Waals surface area contributed by atoms with Gasteiger partial charge in [-0.25, -0.2) is 9.97 Å². The lowest BCUT2D eigenvalue weighted by atomic mass is 10.1. The molecule has 30 heavy (non-hydrogen) atoms. The Kier molecular flexibility index (Phi) is 6.73. The maximum Gasteiger partial charge on any atom is 0.278 e. The Morgan fingerprint density at radius 3 is 2.60 bits per heavy atom. The summed E-state index contributed by atoms with van der Waals surface area (Å²) in [5.41, 5.74) is 1.11. The maximum atomic E-state index is 8.68. The number of piperidine rings is 1. The third-order valence-electron chi connectivity index (χ3n) is 5.45. The number of aromatic nitrogens is 2. The zero-order chi connectivity index (χ0) is 20.6. The van der Waals surface area contributed by atoms with Gasteiger partial charge in [0, 0.05) is 31.9 Å². The first kappa shape index (κ1) is 20.1. The predicted octanol–water partition coefficient (Wildman–Crippen LogP) is 4.36. The van der Waals surface area contributed by atoms with E-state index < -0.39 is 0 Å². The first-order valence-corrected chi connectivity index (χ1v) is 10.5. The van der Waals surface area contributed by atoms with Crippen molar-refractivity contribution < 1.29 is 9.47 Å². The first-order chi connectivity index (χ1) is 14.8. The normalized spacial score (nSPS) is 15.0. The molecule has 0 bridgehead atoms. The van der Waals surface area contributed by atoms with Gasteiger partial charge in [0.05, 0.1) is 6.07 Å². The van der Waals surface area contributed by atoms with Gasteiger partial charge in [0.15, 0.2) is 0 Å². The highest BCUT2D eigenvalue weighted by molar-refractivity contribution is 5.85. The monoisotopic (exact) mass is 402 g/mol. The van der Waals surface area contributed by atoms with Crippen molar-refractivity contribution in [1.29, 1.82) is 5.26 Å². The van der Waals surface area contributed by atoms with E-state index >= 15 is 0 Å². The second-order valence-corrected chi connectivity index (χ2v) is 7.51. The van der Waals surface area contributed by atoms with Crippen LogP contribution in [0.4, 0.5) is 0 Å². The van der Waals surface area contributed by atoms with E-state index in [2.05, 4.69) is 45.2 Å². The number of rotatable bonds is 8. The van der Waals surface area contributed by atoms with Crippen molar-refractivity contribution in [3.8, 4) is 17.8 Å². The van der Waals surface area contributed by atoms with E-state index in [1.54, 1.807) is 12.4 Å². The minimum absolute atomic E-state index is 0.105. The van der Waals surface area contributed by atoms with Gasteiger partial charge in [0.1, 0.15) is 12.7 Å². The standard InChI is InChI=1S/C24H26N4O2/c25-12-3-4-15-28-16-10-21(11-17-28)30-24-23(26-13-14-27-24)29-18-20-8-5-7-19-6-1-2-9-22(19)20/h1-2,5-9,13-14,21H,3-4,10-11,15-18H2. The summed E-state index contributed by atoms with van der Waals surface area (Å²) in [6.45, 7) is 3.34. The fourth-order valence-corrected chi connectivity index (χ4v) is 3.85. The molecular formula is C24H26N4O2. The molecule has 3 aromatic rings. The molecule has 1 saturated heterocycles. The van der Waals surface area contributed by atoms with Crippen LogP contribution in [0.15, 0.2) is 54.9 Å². The van der Waals surface area contributed by atoms with Crippen molar-refractivity contribution in [2.45, 2.75) is 38.4 Å². The van der Waals surface area contributed by atoms with Crippen LogP contribution in [0.2, 0.25) is 0 Å². The quantitative estimate of drug-likeness (QED) is 0.522. The Labute approximate surface area is 177 Å². The van der Waals surface area contributed by atoms with Crippen molar-refractivity contribution >= 4 is 10.8 Å². The van der Waals surface area contributed by atoms with Gasteiger partial charge in [-0.15, -0.1) is 0 Å². The number of hydrogen-bond acceptors (Lipinski definition) is 6. The number of unbranched alkanes of at least 4 members (excludes halogenated alkanes) is 1. The van der Waals surface area contributed by atoms with Crippen LogP contribution in [0.1, 0.15) is 31.2 Å². The van der Waals surface area contributed by atoms with E-state index in [1.807, 2.05) is 18.2 Å². The molecule has 0 radical (unpaired) electrons. The molecule has 6 nitrogen and oxygen atoms in total. The number of ether oxygens (including phenoxy) is 2. The Bertz CT molecular complexity index is 1000. The molecule has 1 fully saturated rings. The minimum Gasteiger partial charge on any atom is -0.470 e. The molecule has 0 aliphatic carbocycles. The Morgan fingerprint density at radius 2 is 1.77 bits per heavy atom. The van der Waals surface area contributed by atoms with Crippen molar-refractivity contribution in [3.05, 3.63) is 60.4 Å². The lowest BCUT2D eigenvalue weighted by molar-refractivity contribution is 0.0913. The smallest absolute Gasteiger partial charge is 0.278 e. The fraction of sp³-hybridized carbons (Fsp3) is 0.375. The molecule has 1 aliphatic heterocycles. The fourth-order valence-electron chi connectivity index (χ4n) is 3.85. The minimum atomic E-state index is 0.105. The molecule has 0 unspecified atom stereocenters. The Balaban J connectivity index is 1.36. The molecular weight excluding hydrogens is 376 g/mol. The summed E-state index contributed by atoms with van der Waals surface area (Å²) in [7, 11) is 0. The highest BCUT2D eigenvalue weighted by Gasteiger charge is 2.22. The van der Waals surface area contributed by atoms with Crippen molar-refractivity contribution in [3.63, 3.8) is 0 Å². The van der Waals surface area contributed by atoms with Crippen molar-refractivity contribution in [1.82, 2.24) is 14.9 Å². The SMILES string of the molecule is N#CCCCN1CCC(Oc2nccnc2OCc2cccc3ccccc23)CC1. The molecule has 0 atom stereocenters. The second-order valence-electron chi connectivity index (χ2n) is 7.51. The summed E-state index contributed by atoms with van der Waals surface area (Å²) in [6.07, 6.45) is 6.79. The lowest BCUT2D eigenvalue weighted by Crippen LogP contribution is -2.38. The highest BCUT2D eigenvalue weighted by Crippen LogP contribution is 2.27.